The molecule has 4 aromatic rings. The second kappa shape index (κ2) is 9.89. The molecule has 0 aliphatic heterocycles. The number of nitrogens with zero attached hydrogens (tertiary/aromatic N) is 4. The van der Waals surface area contributed by atoms with Crippen LogP contribution in [0, 0.1) is 12.8 Å². The van der Waals surface area contributed by atoms with E-state index in [-0.39, 0.29) is 17.7 Å². The Labute approximate surface area is 210 Å². The minimum Gasteiger partial charge on any atom is -0.348 e. The van der Waals surface area contributed by atoms with Gasteiger partial charge in [0.1, 0.15) is 0 Å². The Morgan fingerprint density at radius 2 is 1.94 bits per heavy atom. The van der Waals surface area contributed by atoms with E-state index in [1.807, 2.05) is 69.3 Å². The molecular formula is C28H30N6O2. The van der Waals surface area contributed by atoms with Gasteiger partial charge in [0.25, 0.3) is 5.91 Å². The number of hydrogen-bond donors (Lipinski definition) is 2. The Balaban J connectivity index is 1.41. The van der Waals surface area contributed by atoms with E-state index in [1.54, 1.807) is 10.9 Å². The molecule has 0 atom stereocenters. The molecule has 0 spiro atoms. The monoisotopic (exact) mass is 482 g/mol. The summed E-state index contributed by atoms with van der Waals surface area (Å²) < 4.78 is 1.72. The zero-order valence-corrected chi connectivity index (χ0v) is 20.8. The van der Waals surface area contributed by atoms with Gasteiger partial charge in [-0.05, 0) is 61.6 Å². The van der Waals surface area contributed by atoms with E-state index >= 15 is 0 Å². The maximum Gasteiger partial charge on any atom is 0.252 e. The summed E-state index contributed by atoms with van der Waals surface area (Å²) in [5.41, 5.74) is 4.49. The number of fused-ring (bicyclic) bond motifs is 1. The van der Waals surface area contributed by atoms with Crippen molar-refractivity contribution in [3.8, 4) is 5.82 Å². The van der Waals surface area contributed by atoms with Crippen molar-refractivity contribution >= 4 is 28.5 Å². The van der Waals surface area contributed by atoms with E-state index in [1.165, 1.54) is 0 Å². The van der Waals surface area contributed by atoms with Crippen molar-refractivity contribution in [3.63, 3.8) is 0 Å². The molecule has 1 fully saturated rings. The third-order valence-corrected chi connectivity index (χ3v) is 6.20. The SMILES string of the molecule is Cc1nn(-c2ccccn2)c2nc(C3CC3)cc(C(=O)NCc3cccc(NC(=O)CC(C)C)c3)c12. The van der Waals surface area contributed by atoms with Gasteiger partial charge in [-0.15, -0.1) is 0 Å². The second-order valence-corrected chi connectivity index (χ2v) is 9.78. The van der Waals surface area contributed by atoms with Crippen molar-refractivity contribution in [2.45, 2.75) is 52.5 Å². The van der Waals surface area contributed by atoms with Crippen molar-refractivity contribution in [1.82, 2.24) is 25.1 Å². The Bertz CT molecular complexity index is 1420. The molecule has 1 aromatic carbocycles. The summed E-state index contributed by atoms with van der Waals surface area (Å²) in [5, 5.41) is 11.4. The van der Waals surface area contributed by atoms with Crippen LogP contribution in [0.15, 0.2) is 54.7 Å². The van der Waals surface area contributed by atoms with Gasteiger partial charge in [0.2, 0.25) is 5.91 Å². The first-order chi connectivity index (χ1) is 17.4. The maximum absolute atomic E-state index is 13.4. The summed E-state index contributed by atoms with van der Waals surface area (Å²) in [5.74, 6) is 1.13. The molecule has 184 valence electrons. The molecule has 3 aromatic heterocycles. The molecule has 0 radical (unpaired) electrons. The largest absolute Gasteiger partial charge is 0.348 e. The fourth-order valence-electron chi connectivity index (χ4n) is 4.33. The smallest absolute Gasteiger partial charge is 0.252 e. The van der Waals surface area contributed by atoms with Crippen LogP contribution in [-0.2, 0) is 11.3 Å². The van der Waals surface area contributed by atoms with Crippen LogP contribution in [0.1, 0.15) is 66.3 Å². The molecule has 1 aliphatic rings. The highest BCUT2D eigenvalue weighted by Gasteiger charge is 2.29. The number of amides is 2. The lowest BCUT2D eigenvalue weighted by Gasteiger charge is -2.11. The Kier molecular flexibility index (Phi) is 6.50. The highest BCUT2D eigenvalue weighted by atomic mass is 16.2. The Morgan fingerprint density at radius 1 is 1.11 bits per heavy atom. The zero-order chi connectivity index (χ0) is 25.2. The molecule has 8 nitrogen and oxygen atoms in total. The molecule has 1 saturated carbocycles. The van der Waals surface area contributed by atoms with Gasteiger partial charge in [0.15, 0.2) is 11.5 Å². The number of pyridine rings is 2. The first-order valence-electron chi connectivity index (χ1n) is 12.4. The van der Waals surface area contributed by atoms with Crippen LogP contribution in [0.2, 0.25) is 0 Å². The van der Waals surface area contributed by atoms with Gasteiger partial charge in [0.05, 0.1) is 16.6 Å². The lowest BCUT2D eigenvalue weighted by atomic mass is 10.1. The Hall–Kier alpha value is -4.07. The molecule has 0 saturated heterocycles. The second-order valence-electron chi connectivity index (χ2n) is 9.78. The summed E-state index contributed by atoms with van der Waals surface area (Å²) >= 11 is 0. The fourth-order valence-corrected chi connectivity index (χ4v) is 4.33. The quantitative estimate of drug-likeness (QED) is 0.371. The van der Waals surface area contributed by atoms with Gasteiger partial charge >= 0.3 is 0 Å². The predicted molar refractivity (Wildman–Crippen MR) is 139 cm³/mol. The molecular weight excluding hydrogens is 452 g/mol. The minimum absolute atomic E-state index is 0.0154. The number of carbonyl (C=O) groups excluding carboxylic acids is 2. The summed E-state index contributed by atoms with van der Waals surface area (Å²) in [6.45, 7) is 6.25. The maximum atomic E-state index is 13.4. The van der Waals surface area contributed by atoms with Crippen molar-refractivity contribution in [1.29, 1.82) is 0 Å². The Morgan fingerprint density at radius 3 is 2.67 bits per heavy atom. The molecule has 3 heterocycles. The number of aromatic nitrogens is 4. The normalized spacial score (nSPS) is 13.2. The van der Waals surface area contributed by atoms with Crippen LogP contribution in [0.25, 0.3) is 16.9 Å². The highest BCUT2D eigenvalue weighted by molar-refractivity contribution is 6.06. The summed E-state index contributed by atoms with van der Waals surface area (Å²) in [6.07, 6.45) is 4.33. The number of nitrogens with one attached hydrogen (secondary N) is 2. The van der Waals surface area contributed by atoms with Gasteiger partial charge in [0, 0.05) is 36.5 Å². The van der Waals surface area contributed by atoms with Crippen LogP contribution >= 0.6 is 0 Å². The zero-order valence-electron chi connectivity index (χ0n) is 20.8. The van der Waals surface area contributed by atoms with Crippen LogP contribution in [-0.4, -0.2) is 31.6 Å². The highest BCUT2D eigenvalue weighted by Crippen LogP contribution is 2.40. The van der Waals surface area contributed by atoms with Gasteiger partial charge in [-0.1, -0.05) is 32.0 Å². The van der Waals surface area contributed by atoms with E-state index in [2.05, 4.69) is 20.7 Å². The van der Waals surface area contributed by atoms with Crippen LogP contribution < -0.4 is 10.6 Å². The van der Waals surface area contributed by atoms with Crippen LogP contribution in [0.5, 0.6) is 0 Å². The van der Waals surface area contributed by atoms with Crippen LogP contribution in [0.4, 0.5) is 5.69 Å². The van der Waals surface area contributed by atoms with Crippen molar-refractivity contribution in [3.05, 3.63) is 77.2 Å². The number of carbonyl (C=O) groups is 2. The number of aryl methyl sites for hydroxylation is 1. The summed E-state index contributed by atoms with van der Waals surface area (Å²) in [7, 11) is 0. The number of hydrogen-bond acceptors (Lipinski definition) is 5. The van der Waals surface area contributed by atoms with Crippen molar-refractivity contribution in [2.75, 3.05) is 5.32 Å². The van der Waals surface area contributed by atoms with Crippen molar-refractivity contribution in [2.24, 2.45) is 5.92 Å². The number of benzene rings is 1. The summed E-state index contributed by atoms with van der Waals surface area (Å²) in [6, 6.07) is 15.1. The van der Waals surface area contributed by atoms with Gasteiger partial charge in [-0.2, -0.15) is 9.78 Å². The van der Waals surface area contributed by atoms with E-state index in [0.717, 1.165) is 40.9 Å². The first kappa shape index (κ1) is 23.7. The van der Waals surface area contributed by atoms with Crippen LogP contribution in [0.3, 0.4) is 0 Å². The number of rotatable bonds is 8. The average Bonchev–Trinajstić information content (AvgIpc) is 3.66. The first-order valence-corrected chi connectivity index (χ1v) is 12.4. The average molecular weight is 483 g/mol. The van der Waals surface area contributed by atoms with Crippen molar-refractivity contribution < 1.29 is 9.59 Å². The fraction of sp³-hybridized carbons (Fsp3) is 0.321. The standard InChI is InChI=1S/C28H30N6O2/c1-17(2)13-25(35)31-21-8-6-7-19(14-21)16-30-28(36)22-15-23(20-10-11-20)32-27-26(22)18(3)33-34(27)24-9-4-5-12-29-24/h4-9,12,14-15,17,20H,10-11,13,16H2,1-3H3,(H,30,36)(H,31,35). The molecule has 0 unspecified atom stereocenters. The molecule has 0 bridgehead atoms. The lowest BCUT2D eigenvalue weighted by Crippen LogP contribution is -2.23. The minimum atomic E-state index is -0.179. The lowest BCUT2D eigenvalue weighted by molar-refractivity contribution is -0.116. The van der Waals surface area contributed by atoms with Gasteiger partial charge in [-0.3, -0.25) is 9.59 Å². The summed E-state index contributed by atoms with van der Waals surface area (Å²) in [4.78, 5) is 34.9. The molecule has 5 rings (SSSR count). The third-order valence-electron chi connectivity index (χ3n) is 6.20. The molecule has 2 amide bonds. The van der Waals surface area contributed by atoms with E-state index in [0.29, 0.717) is 35.9 Å². The third kappa shape index (κ3) is 5.12. The van der Waals surface area contributed by atoms with E-state index in [4.69, 9.17) is 4.98 Å². The molecule has 1 aliphatic carbocycles. The molecule has 2 N–H and O–H groups in total. The predicted octanol–water partition coefficient (Wildman–Crippen LogP) is 4.92. The van der Waals surface area contributed by atoms with E-state index in [9.17, 15) is 9.59 Å². The van der Waals surface area contributed by atoms with Gasteiger partial charge in [-0.25, -0.2) is 9.97 Å². The number of anilines is 1. The molecule has 36 heavy (non-hydrogen) atoms. The van der Waals surface area contributed by atoms with E-state index < -0.39 is 0 Å². The molecule has 8 heteroatoms. The topological polar surface area (TPSA) is 102 Å². The van der Waals surface area contributed by atoms with Gasteiger partial charge < -0.3 is 10.6 Å².